The molecule has 0 radical (unpaired) electrons. The van der Waals surface area contributed by atoms with Crippen LogP contribution in [0.4, 0.5) is 0 Å². The highest BCUT2D eigenvalue weighted by molar-refractivity contribution is 6.02. The van der Waals surface area contributed by atoms with Crippen LogP contribution in [0.25, 0.3) is 10.9 Å². The largest absolute Gasteiger partial charge is 0.494 e. The van der Waals surface area contributed by atoms with Crippen molar-refractivity contribution >= 4 is 29.0 Å². The van der Waals surface area contributed by atoms with Crippen molar-refractivity contribution in [2.45, 2.75) is 27.3 Å². The normalized spacial score (nSPS) is 11.0. The van der Waals surface area contributed by atoms with E-state index >= 15 is 0 Å². The number of amides is 1. The maximum absolute atomic E-state index is 12.3. The first kappa shape index (κ1) is 21.1. The van der Waals surface area contributed by atoms with Crippen LogP contribution in [0.2, 0.25) is 0 Å². The number of fused-ring (bicyclic) bond motifs is 1. The molecule has 0 saturated carbocycles. The average Bonchev–Trinajstić information content (AvgIpc) is 3.00. The van der Waals surface area contributed by atoms with Crippen molar-refractivity contribution in [2.75, 3.05) is 13.2 Å². The Kier molecular flexibility index (Phi) is 6.85. The Morgan fingerprint density at radius 3 is 2.50 bits per heavy atom. The summed E-state index contributed by atoms with van der Waals surface area (Å²) in [6, 6.07) is 14.6. The molecule has 1 heterocycles. The van der Waals surface area contributed by atoms with Crippen molar-refractivity contribution in [3.8, 4) is 5.75 Å². The molecule has 1 N–H and O–H groups in total. The SMILES string of the molecule is CCOC(=O)Cn1c(C)c(/C=N\NC(=O)c2ccc(OCC)cc2)c2ccccc21. The maximum atomic E-state index is 12.3. The minimum atomic E-state index is -0.317. The maximum Gasteiger partial charge on any atom is 0.325 e. The zero-order valence-corrected chi connectivity index (χ0v) is 17.3. The molecule has 0 aliphatic rings. The topological polar surface area (TPSA) is 81.9 Å². The van der Waals surface area contributed by atoms with Crippen LogP contribution in [-0.2, 0) is 16.1 Å². The van der Waals surface area contributed by atoms with E-state index in [1.165, 1.54) is 0 Å². The van der Waals surface area contributed by atoms with E-state index in [4.69, 9.17) is 9.47 Å². The van der Waals surface area contributed by atoms with Crippen molar-refractivity contribution in [3.05, 3.63) is 65.4 Å². The minimum absolute atomic E-state index is 0.118. The summed E-state index contributed by atoms with van der Waals surface area (Å²) in [5.74, 6) is 0.0958. The second-order valence-electron chi connectivity index (χ2n) is 6.56. The molecular formula is C23H25N3O4. The Bertz CT molecular complexity index is 1070. The average molecular weight is 407 g/mol. The number of hydrogen-bond donors (Lipinski definition) is 1. The van der Waals surface area contributed by atoms with Gasteiger partial charge in [-0.15, -0.1) is 0 Å². The molecule has 0 aliphatic heterocycles. The van der Waals surface area contributed by atoms with E-state index in [9.17, 15) is 9.59 Å². The predicted octanol–water partition coefficient (Wildman–Crippen LogP) is 3.68. The third kappa shape index (κ3) is 4.68. The number of hydrazone groups is 1. The van der Waals surface area contributed by atoms with Gasteiger partial charge in [-0.3, -0.25) is 9.59 Å². The van der Waals surface area contributed by atoms with Gasteiger partial charge in [0, 0.05) is 27.7 Å². The Labute approximate surface area is 175 Å². The molecule has 3 aromatic rings. The van der Waals surface area contributed by atoms with Crippen LogP contribution >= 0.6 is 0 Å². The quantitative estimate of drug-likeness (QED) is 0.351. The van der Waals surface area contributed by atoms with E-state index < -0.39 is 0 Å². The van der Waals surface area contributed by atoms with Gasteiger partial charge in [0.05, 0.1) is 19.4 Å². The predicted molar refractivity (Wildman–Crippen MR) is 116 cm³/mol. The summed E-state index contributed by atoms with van der Waals surface area (Å²) >= 11 is 0. The van der Waals surface area contributed by atoms with Gasteiger partial charge in [-0.05, 0) is 51.1 Å². The van der Waals surface area contributed by atoms with Gasteiger partial charge < -0.3 is 14.0 Å². The fourth-order valence-electron chi connectivity index (χ4n) is 3.25. The number of carbonyl (C=O) groups is 2. The lowest BCUT2D eigenvalue weighted by molar-refractivity contribution is -0.143. The lowest BCUT2D eigenvalue weighted by Gasteiger charge is -2.07. The number of benzene rings is 2. The molecule has 0 atom stereocenters. The van der Waals surface area contributed by atoms with Gasteiger partial charge in [0.25, 0.3) is 5.91 Å². The third-order valence-corrected chi connectivity index (χ3v) is 4.66. The number of ether oxygens (including phenoxy) is 2. The monoisotopic (exact) mass is 407 g/mol. The summed E-state index contributed by atoms with van der Waals surface area (Å²) in [5.41, 5.74) is 5.64. The smallest absolute Gasteiger partial charge is 0.325 e. The summed E-state index contributed by atoms with van der Waals surface area (Å²) in [4.78, 5) is 24.3. The van der Waals surface area contributed by atoms with E-state index in [1.807, 2.05) is 42.7 Å². The van der Waals surface area contributed by atoms with Crippen molar-refractivity contribution in [1.82, 2.24) is 9.99 Å². The van der Waals surface area contributed by atoms with Gasteiger partial charge in [-0.1, -0.05) is 18.2 Å². The number of nitrogens with zero attached hydrogens (tertiary/aromatic N) is 2. The zero-order valence-electron chi connectivity index (χ0n) is 17.3. The van der Waals surface area contributed by atoms with Gasteiger partial charge in [0.1, 0.15) is 12.3 Å². The number of hydrogen-bond acceptors (Lipinski definition) is 5. The van der Waals surface area contributed by atoms with Crippen LogP contribution in [0, 0.1) is 6.92 Å². The Hall–Kier alpha value is -3.61. The van der Waals surface area contributed by atoms with E-state index in [1.54, 1.807) is 37.4 Å². The zero-order chi connectivity index (χ0) is 21.5. The molecule has 7 nitrogen and oxygen atoms in total. The molecule has 2 aromatic carbocycles. The standard InChI is InChI=1S/C23H25N3O4/c1-4-29-18-12-10-17(11-13-18)23(28)25-24-14-20-16(3)26(15-22(27)30-5-2)21-9-7-6-8-19(20)21/h6-14H,4-5,15H2,1-3H3,(H,25,28)/b24-14-. The molecule has 0 bridgehead atoms. The summed E-state index contributed by atoms with van der Waals surface area (Å²) in [6.45, 7) is 6.62. The van der Waals surface area contributed by atoms with Crippen LogP contribution in [-0.4, -0.2) is 35.9 Å². The molecule has 0 unspecified atom stereocenters. The first-order valence-electron chi connectivity index (χ1n) is 9.84. The lowest BCUT2D eigenvalue weighted by atomic mass is 10.1. The molecule has 156 valence electrons. The first-order valence-corrected chi connectivity index (χ1v) is 9.84. The second-order valence-corrected chi connectivity index (χ2v) is 6.56. The van der Waals surface area contributed by atoms with E-state index in [0.29, 0.717) is 24.5 Å². The molecule has 0 fully saturated rings. The number of para-hydroxylation sites is 1. The molecule has 3 rings (SSSR count). The van der Waals surface area contributed by atoms with Gasteiger partial charge in [-0.2, -0.15) is 5.10 Å². The third-order valence-electron chi connectivity index (χ3n) is 4.66. The molecule has 1 amide bonds. The van der Waals surface area contributed by atoms with Crippen LogP contribution in [0.3, 0.4) is 0 Å². The van der Waals surface area contributed by atoms with Gasteiger partial charge in [0.15, 0.2) is 0 Å². The molecule has 7 heteroatoms. The first-order chi connectivity index (χ1) is 14.5. The molecule has 0 spiro atoms. The molecule has 0 aliphatic carbocycles. The highest BCUT2D eigenvalue weighted by atomic mass is 16.5. The van der Waals surface area contributed by atoms with Gasteiger partial charge >= 0.3 is 5.97 Å². The van der Waals surface area contributed by atoms with E-state index in [-0.39, 0.29) is 18.4 Å². The molecule has 1 aromatic heterocycles. The highest BCUT2D eigenvalue weighted by Crippen LogP contribution is 2.24. The van der Waals surface area contributed by atoms with Crippen LogP contribution < -0.4 is 10.2 Å². The Morgan fingerprint density at radius 1 is 1.07 bits per heavy atom. The van der Waals surface area contributed by atoms with Crippen LogP contribution in [0.1, 0.15) is 35.5 Å². The number of esters is 1. The lowest BCUT2D eigenvalue weighted by Crippen LogP contribution is -2.17. The van der Waals surface area contributed by atoms with Gasteiger partial charge in [-0.25, -0.2) is 5.43 Å². The molecule has 0 saturated heterocycles. The number of aromatic nitrogens is 1. The summed E-state index contributed by atoms with van der Waals surface area (Å²) in [5, 5.41) is 5.07. The van der Waals surface area contributed by atoms with Gasteiger partial charge in [0.2, 0.25) is 0 Å². The number of carbonyl (C=O) groups excluding carboxylic acids is 2. The fourth-order valence-corrected chi connectivity index (χ4v) is 3.25. The summed E-state index contributed by atoms with van der Waals surface area (Å²) in [7, 11) is 0. The van der Waals surface area contributed by atoms with Crippen molar-refractivity contribution < 1.29 is 19.1 Å². The fraction of sp³-hybridized carbons (Fsp3) is 0.261. The Morgan fingerprint density at radius 2 is 1.80 bits per heavy atom. The number of rotatable bonds is 8. The van der Waals surface area contributed by atoms with Crippen molar-refractivity contribution in [2.24, 2.45) is 5.10 Å². The van der Waals surface area contributed by atoms with E-state index in [2.05, 4.69) is 10.5 Å². The minimum Gasteiger partial charge on any atom is -0.494 e. The molecular weight excluding hydrogens is 382 g/mol. The number of nitrogens with one attached hydrogen (secondary N) is 1. The van der Waals surface area contributed by atoms with Crippen molar-refractivity contribution in [3.63, 3.8) is 0 Å². The summed E-state index contributed by atoms with van der Waals surface area (Å²) in [6.07, 6.45) is 1.60. The highest BCUT2D eigenvalue weighted by Gasteiger charge is 2.15. The van der Waals surface area contributed by atoms with Crippen LogP contribution in [0.5, 0.6) is 5.75 Å². The van der Waals surface area contributed by atoms with E-state index in [0.717, 1.165) is 22.2 Å². The second kappa shape index (κ2) is 9.73. The summed E-state index contributed by atoms with van der Waals surface area (Å²) < 4.78 is 12.4. The molecule has 30 heavy (non-hydrogen) atoms. The Balaban J connectivity index is 1.79. The van der Waals surface area contributed by atoms with Crippen molar-refractivity contribution in [1.29, 1.82) is 0 Å². The van der Waals surface area contributed by atoms with Crippen LogP contribution in [0.15, 0.2) is 53.6 Å².